The Bertz CT molecular complexity index is 3050. The monoisotopic (exact) mass is 745 g/mol. The van der Waals surface area contributed by atoms with Gasteiger partial charge in [0.25, 0.3) is 0 Å². The van der Waals surface area contributed by atoms with E-state index in [2.05, 4.69) is 188 Å². The lowest BCUT2D eigenvalue weighted by atomic mass is 9.55. The van der Waals surface area contributed by atoms with Gasteiger partial charge in [-0.25, -0.2) is 0 Å². The number of benzene rings is 7. The van der Waals surface area contributed by atoms with Gasteiger partial charge in [0.05, 0.1) is 0 Å². The molecule has 0 N–H and O–H groups in total. The molecule has 0 unspecified atom stereocenters. The zero-order valence-electron chi connectivity index (χ0n) is 42.0. The molecule has 0 aliphatic rings. The van der Waals surface area contributed by atoms with E-state index in [1.165, 1.54) is 197 Å². The molecule has 0 saturated carbocycles. The van der Waals surface area contributed by atoms with Gasteiger partial charge in [0.2, 0.25) is 0 Å². The minimum absolute atomic E-state index is 1.40. The predicted octanol–water partition coefficient (Wildman–Crippen LogP) is -31.7. The Hall–Kier alpha value is -3.12. The van der Waals surface area contributed by atoms with Gasteiger partial charge < -0.3 is 0 Å². The van der Waals surface area contributed by atoms with Crippen molar-refractivity contribution >= 4 is 352 Å². The average Bonchev–Trinajstić information content (AvgIpc) is 3.21. The fourth-order valence-electron chi connectivity index (χ4n) is 12.0. The van der Waals surface area contributed by atoms with Gasteiger partial charge >= 0.3 is 0 Å². The molecule has 0 bridgehead atoms. The Morgan fingerprint density at radius 2 is 0.233 bits per heavy atom. The highest BCUT2D eigenvalue weighted by atomic mass is 14.3. The van der Waals surface area contributed by atoms with Gasteiger partial charge in [-0.05, 0) is 65.7 Å². The summed E-state index contributed by atoms with van der Waals surface area (Å²) in [6.45, 7) is 0. The molecular formula is C36H48B24. The predicted molar refractivity (Wildman–Crippen MR) is 352 cm³/mol. The highest BCUT2D eigenvalue weighted by Crippen LogP contribution is 2.39. The minimum Gasteiger partial charge on any atom is -0.102 e. The molecule has 0 atom stereocenters. The fourth-order valence-corrected chi connectivity index (χ4v) is 12.0. The maximum absolute atomic E-state index is 2.46. The van der Waals surface area contributed by atoms with Crippen LogP contribution < -0.4 is 131 Å². The molecule has 60 heavy (non-hydrogen) atoms. The van der Waals surface area contributed by atoms with Gasteiger partial charge in [0, 0.05) is 0 Å². The normalized spacial score (nSPS) is 11.6. The van der Waals surface area contributed by atoms with Crippen LogP contribution in [0.4, 0.5) is 0 Å². The SMILES string of the molecule is Bc1c(B)c(B)c(-c2c(B)c(B)c3c(B)c(B)c(-c4c5c(B)c(B)c(B)c(B)c5c(-c5c(B)c(B)c(B)c(B)c5B)c5c(B)c(B)c(B)c(B)c45)c(B)c3c2B)c(B)c1B. The van der Waals surface area contributed by atoms with Gasteiger partial charge in [-0.2, -0.15) is 0 Å². The summed E-state index contributed by atoms with van der Waals surface area (Å²) in [6, 6.07) is 0. The van der Waals surface area contributed by atoms with Crippen LogP contribution >= 0.6 is 0 Å². The highest BCUT2D eigenvalue weighted by molar-refractivity contribution is 6.76. The quantitative estimate of drug-likeness (QED) is 0.125. The van der Waals surface area contributed by atoms with E-state index in [-0.39, 0.29) is 0 Å². The Balaban J connectivity index is 1.87. The zero-order chi connectivity index (χ0) is 44.8. The van der Waals surface area contributed by atoms with Crippen molar-refractivity contribution in [1.29, 1.82) is 0 Å². The molecule has 7 rings (SSSR count). The molecule has 0 spiro atoms. The van der Waals surface area contributed by atoms with Crippen LogP contribution in [-0.4, -0.2) is 188 Å². The summed E-state index contributed by atoms with van der Waals surface area (Å²) in [6.07, 6.45) is 0. The lowest BCUT2D eigenvalue weighted by molar-refractivity contribution is 1.85. The Labute approximate surface area is 382 Å². The number of hydrogen-bond donors (Lipinski definition) is 0. The van der Waals surface area contributed by atoms with Crippen LogP contribution in [0.2, 0.25) is 0 Å². The van der Waals surface area contributed by atoms with Gasteiger partial charge in [-0.3, -0.25) is 0 Å². The summed E-state index contributed by atoms with van der Waals surface area (Å²) in [5, 5.41) is 8.60. The molecule has 0 fully saturated rings. The highest BCUT2D eigenvalue weighted by Gasteiger charge is 2.30. The molecule has 0 aliphatic heterocycles. The summed E-state index contributed by atoms with van der Waals surface area (Å²) in [5.74, 6) is 0. The second kappa shape index (κ2) is 15.3. The molecule has 7 aromatic carbocycles. The van der Waals surface area contributed by atoms with Crippen molar-refractivity contribution in [3.63, 3.8) is 0 Å². The third-order valence-electron chi connectivity index (χ3n) is 17.5. The van der Waals surface area contributed by atoms with E-state index in [0.717, 1.165) is 0 Å². The lowest BCUT2D eigenvalue weighted by Crippen LogP contribution is -2.56. The van der Waals surface area contributed by atoms with Crippen molar-refractivity contribution in [2.24, 2.45) is 0 Å². The van der Waals surface area contributed by atoms with Crippen molar-refractivity contribution in [1.82, 2.24) is 0 Å². The van der Waals surface area contributed by atoms with Crippen LogP contribution in [0.3, 0.4) is 0 Å². The van der Waals surface area contributed by atoms with Gasteiger partial charge in [-0.15, -0.1) is 54.6 Å². The van der Waals surface area contributed by atoms with Crippen LogP contribution in [0.25, 0.3) is 65.7 Å². The second-order valence-electron chi connectivity index (χ2n) is 19.5. The van der Waals surface area contributed by atoms with Crippen LogP contribution in [0.15, 0.2) is 0 Å². The summed E-state index contributed by atoms with van der Waals surface area (Å²) in [7, 11) is 57.0. The third-order valence-corrected chi connectivity index (χ3v) is 17.5. The van der Waals surface area contributed by atoms with Crippen LogP contribution in [0.5, 0.6) is 0 Å². The maximum atomic E-state index is 2.46. The summed E-state index contributed by atoms with van der Waals surface area (Å²) in [5.41, 5.74) is 42.4. The maximum Gasteiger partial charge on any atom is 0.140 e. The smallest absolute Gasteiger partial charge is 0.102 e. The Morgan fingerprint density at radius 3 is 0.500 bits per heavy atom. The van der Waals surface area contributed by atoms with Crippen LogP contribution in [0, 0.1) is 0 Å². The van der Waals surface area contributed by atoms with Gasteiger partial charge in [0.1, 0.15) is 188 Å². The molecule has 264 valence electrons. The molecule has 0 amide bonds. The Kier molecular flexibility index (Phi) is 11.5. The molecule has 0 nitrogen and oxygen atoms in total. The third kappa shape index (κ3) is 5.86. The first-order valence-electron chi connectivity index (χ1n) is 22.5. The standard InChI is InChI=1S/C36H48B24/c37-13-7(19(43)21(45)11-9(13)14(38)10(20(44)22(11)46)12-25(49)33(57)36(60)34(58)26(12)50)1-3-5(17(41)29(53)27(51)15(3)39)2(6-4(1)16(40)28(52)30(54)18(6)42)8-23(47)31(55)35(59)32(56)24(8)48/h37-60H2. The topological polar surface area (TPSA) is 0 Å². The van der Waals surface area contributed by atoms with Crippen molar-refractivity contribution in [3.05, 3.63) is 0 Å². The van der Waals surface area contributed by atoms with Crippen molar-refractivity contribution in [2.45, 2.75) is 0 Å². The summed E-state index contributed by atoms with van der Waals surface area (Å²) in [4.78, 5) is 0. The average molecular weight is 740 g/mol. The first-order valence-corrected chi connectivity index (χ1v) is 22.5. The second-order valence-corrected chi connectivity index (χ2v) is 19.5. The van der Waals surface area contributed by atoms with E-state index in [9.17, 15) is 0 Å². The van der Waals surface area contributed by atoms with E-state index < -0.39 is 0 Å². The fraction of sp³-hybridized carbons (Fsp3) is 0. The molecule has 0 heterocycles. The minimum atomic E-state index is 1.40. The van der Waals surface area contributed by atoms with Crippen LogP contribution in [-0.2, 0) is 0 Å². The lowest BCUT2D eigenvalue weighted by Gasteiger charge is -2.32. The molecule has 0 aliphatic carbocycles. The van der Waals surface area contributed by atoms with E-state index >= 15 is 0 Å². The molecule has 7 aromatic rings. The summed E-state index contributed by atoms with van der Waals surface area (Å²) < 4.78 is 0. The van der Waals surface area contributed by atoms with E-state index in [4.69, 9.17) is 0 Å². The number of rotatable bonds is 3. The van der Waals surface area contributed by atoms with Crippen molar-refractivity contribution in [2.75, 3.05) is 0 Å². The molecular weight excluding hydrogens is 692 g/mol. The van der Waals surface area contributed by atoms with Crippen molar-refractivity contribution in [3.8, 4) is 33.4 Å². The number of hydrogen-bond acceptors (Lipinski definition) is 0. The summed E-state index contributed by atoms with van der Waals surface area (Å²) >= 11 is 0. The van der Waals surface area contributed by atoms with E-state index in [1.54, 1.807) is 0 Å². The van der Waals surface area contributed by atoms with E-state index in [0.29, 0.717) is 0 Å². The largest absolute Gasteiger partial charge is 0.140 e. The van der Waals surface area contributed by atoms with Crippen LogP contribution in [0.1, 0.15) is 0 Å². The van der Waals surface area contributed by atoms with Crippen molar-refractivity contribution < 1.29 is 0 Å². The molecule has 0 radical (unpaired) electrons. The first kappa shape index (κ1) is 44.9. The molecule has 0 saturated heterocycles. The first-order chi connectivity index (χ1) is 27.9. The Morgan fingerprint density at radius 1 is 0.100 bits per heavy atom. The van der Waals surface area contributed by atoms with E-state index in [1.807, 2.05) is 0 Å². The zero-order valence-corrected chi connectivity index (χ0v) is 42.0. The molecule has 0 aromatic heterocycles. The molecule has 24 heteroatoms. The van der Waals surface area contributed by atoms with Gasteiger partial charge in [0.15, 0.2) is 0 Å². The number of fused-ring (bicyclic) bond motifs is 3. The van der Waals surface area contributed by atoms with Gasteiger partial charge in [-0.1, -0.05) is 76.5 Å².